The van der Waals surface area contributed by atoms with Crippen LogP contribution in [0.3, 0.4) is 0 Å². The molecule has 23 heavy (non-hydrogen) atoms. The number of anilines is 1. The van der Waals surface area contributed by atoms with Crippen LogP contribution in [-0.4, -0.2) is 52.7 Å². The highest BCUT2D eigenvalue weighted by Gasteiger charge is 2.35. The molecule has 0 N–H and O–H groups in total. The second kappa shape index (κ2) is 5.98. The fourth-order valence-corrected chi connectivity index (χ4v) is 2.30. The lowest BCUT2D eigenvalue weighted by Gasteiger charge is -2.44. The largest absolute Gasteiger partial charge is 0.444 e. The van der Waals surface area contributed by atoms with E-state index in [1.807, 2.05) is 26.8 Å². The molecule has 0 unspecified atom stereocenters. The van der Waals surface area contributed by atoms with Crippen LogP contribution in [0.2, 0.25) is 0 Å². The molecule has 1 aliphatic rings. The number of ether oxygens (including phenoxy) is 1. The van der Waals surface area contributed by atoms with Gasteiger partial charge in [-0.05, 0) is 20.8 Å². The number of carbonyl (C=O) groups is 1. The zero-order chi connectivity index (χ0) is 17.4. The molecule has 128 valence electrons. The summed E-state index contributed by atoms with van der Waals surface area (Å²) in [6.07, 6.45) is 1.33. The van der Waals surface area contributed by atoms with E-state index in [1.165, 1.54) is 0 Å². The smallest absolute Gasteiger partial charge is 0.410 e. The van der Waals surface area contributed by atoms with Gasteiger partial charge in [0.25, 0.3) is 0 Å². The van der Waals surface area contributed by atoms with E-state index < -0.39 is 5.60 Å². The summed E-state index contributed by atoms with van der Waals surface area (Å²) in [5.41, 5.74) is 0.546. The van der Waals surface area contributed by atoms with Gasteiger partial charge >= 0.3 is 6.09 Å². The summed E-state index contributed by atoms with van der Waals surface area (Å²) in [6.45, 7) is 13.5. The molecule has 0 atom stereocenters. The van der Waals surface area contributed by atoms with Crippen LogP contribution >= 0.6 is 0 Å². The molecule has 1 fully saturated rings. The summed E-state index contributed by atoms with van der Waals surface area (Å²) in [5, 5.41) is 0. The number of aromatic nitrogens is 2. The van der Waals surface area contributed by atoms with E-state index >= 15 is 0 Å². The van der Waals surface area contributed by atoms with Crippen molar-refractivity contribution in [3.63, 3.8) is 0 Å². The number of nitrogens with zero attached hydrogens (tertiary/aromatic N) is 4. The average Bonchev–Trinajstić information content (AvgIpc) is 2.34. The summed E-state index contributed by atoms with van der Waals surface area (Å²) in [5.74, 6) is 0.916. The summed E-state index contributed by atoms with van der Waals surface area (Å²) >= 11 is 0. The highest BCUT2D eigenvalue weighted by molar-refractivity contribution is 5.69. The minimum atomic E-state index is -0.469. The van der Waals surface area contributed by atoms with Crippen molar-refractivity contribution in [2.75, 3.05) is 25.0 Å². The minimum absolute atomic E-state index is 0.00470. The van der Waals surface area contributed by atoms with Crippen molar-refractivity contribution in [2.45, 2.75) is 58.6 Å². The highest BCUT2D eigenvalue weighted by atomic mass is 16.6. The van der Waals surface area contributed by atoms with Gasteiger partial charge in [-0.3, -0.25) is 0 Å². The first kappa shape index (κ1) is 17.5. The van der Waals surface area contributed by atoms with Crippen LogP contribution in [0.4, 0.5) is 10.6 Å². The maximum absolute atomic E-state index is 12.1. The molecule has 2 rings (SSSR count). The van der Waals surface area contributed by atoms with Crippen LogP contribution in [0, 0.1) is 0 Å². The molecule has 0 aromatic carbocycles. The standard InChI is InChI=1S/C17H28N4O2/c1-16(2,3)13-8-14(19-11-18-13)21-9-12(10-21)20(7)15(22)23-17(4,5)6/h8,11-12H,9-10H2,1-7H3. The van der Waals surface area contributed by atoms with Crippen LogP contribution in [0.5, 0.6) is 0 Å². The Bertz CT molecular complexity index is 569. The van der Waals surface area contributed by atoms with Crippen LogP contribution in [0.1, 0.15) is 47.2 Å². The Morgan fingerprint density at radius 2 is 1.83 bits per heavy atom. The molecule has 0 aliphatic carbocycles. The van der Waals surface area contributed by atoms with E-state index in [2.05, 4.69) is 35.6 Å². The molecule has 1 aromatic heterocycles. The van der Waals surface area contributed by atoms with Crippen molar-refractivity contribution in [1.29, 1.82) is 0 Å². The van der Waals surface area contributed by atoms with E-state index in [0.29, 0.717) is 0 Å². The third-order valence-electron chi connectivity index (χ3n) is 3.84. The molecule has 1 amide bonds. The van der Waals surface area contributed by atoms with Crippen molar-refractivity contribution in [3.8, 4) is 0 Å². The number of carbonyl (C=O) groups excluding carboxylic acids is 1. The van der Waals surface area contributed by atoms with Gasteiger partial charge < -0.3 is 14.5 Å². The molecule has 1 saturated heterocycles. The maximum atomic E-state index is 12.1. The lowest BCUT2D eigenvalue weighted by Crippen LogP contribution is -2.60. The molecule has 0 bridgehead atoms. The van der Waals surface area contributed by atoms with E-state index in [0.717, 1.165) is 24.6 Å². The van der Waals surface area contributed by atoms with Crippen LogP contribution in [0.15, 0.2) is 12.4 Å². The SMILES string of the molecule is CN(C(=O)OC(C)(C)C)C1CN(c2cc(C(C)(C)C)ncn2)C1. The molecular formula is C17H28N4O2. The second-order valence-electron chi connectivity index (χ2n) is 8.16. The third-order valence-corrected chi connectivity index (χ3v) is 3.84. The first-order valence-electron chi connectivity index (χ1n) is 8.00. The maximum Gasteiger partial charge on any atom is 0.410 e. The predicted molar refractivity (Wildman–Crippen MR) is 90.7 cm³/mol. The monoisotopic (exact) mass is 320 g/mol. The number of hydrogen-bond donors (Lipinski definition) is 0. The Balaban J connectivity index is 1.95. The van der Waals surface area contributed by atoms with E-state index in [-0.39, 0.29) is 17.6 Å². The summed E-state index contributed by atoms with van der Waals surface area (Å²) < 4.78 is 5.40. The summed E-state index contributed by atoms with van der Waals surface area (Å²) in [6, 6.07) is 2.18. The van der Waals surface area contributed by atoms with Gasteiger partial charge in [0.1, 0.15) is 17.7 Å². The van der Waals surface area contributed by atoms with E-state index in [4.69, 9.17) is 4.74 Å². The van der Waals surface area contributed by atoms with Gasteiger partial charge in [-0.1, -0.05) is 20.8 Å². The molecule has 0 saturated carbocycles. The average molecular weight is 320 g/mol. The molecule has 6 heteroatoms. The van der Waals surface area contributed by atoms with Gasteiger partial charge in [0.2, 0.25) is 0 Å². The van der Waals surface area contributed by atoms with Gasteiger partial charge in [-0.15, -0.1) is 0 Å². The van der Waals surface area contributed by atoms with Gasteiger partial charge in [-0.2, -0.15) is 0 Å². The number of hydrogen-bond acceptors (Lipinski definition) is 5. The Morgan fingerprint density at radius 1 is 1.22 bits per heavy atom. The fraction of sp³-hybridized carbons (Fsp3) is 0.706. The normalized spacial score (nSPS) is 16.0. The molecule has 1 aromatic rings. The van der Waals surface area contributed by atoms with Gasteiger partial charge in [0.05, 0.1) is 11.7 Å². The number of rotatable bonds is 2. The van der Waals surface area contributed by atoms with E-state index in [1.54, 1.807) is 18.3 Å². The molecule has 1 aliphatic heterocycles. The van der Waals surface area contributed by atoms with Crippen molar-refractivity contribution >= 4 is 11.9 Å². The topological polar surface area (TPSA) is 58.6 Å². The Morgan fingerprint density at radius 3 is 2.35 bits per heavy atom. The predicted octanol–water partition coefficient (Wildman–Crippen LogP) is 2.83. The summed E-state index contributed by atoms with van der Waals surface area (Å²) in [7, 11) is 1.79. The van der Waals surface area contributed by atoms with Crippen molar-refractivity contribution in [2.24, 2.45) is 0 Å². The molecular weight excluding hydrogens is 292 g/mol. The fourth-order valence-electron chi connectivity index (χ4n) is 2.30. The molecule has 0 radical (unpaired) electrons. The zero-order valence-corrected chi connectivity index (χ0v) is 15.3. The first-order valence-corrected chi connectivity index (χ1v) is 8.00. The lowest BCUT2D eigenvalue weighted by molar-refractivity contribution is 0.0196. The Labute approximate surface area is 138 Å². The first-order chi connectivity index (χ1) is 10.5. The second-order valence-corrected chi connectivity index (χ2v) is 8.16. The Hall–Kier alpha value is -1.85. The molecule has 2 heterocycles. The quantitative estimate of drug-likeness (QED) is 0.838. The minimum Gasteiger partial charge on any atom is -0.444 e. The van der Waals surface area contributed by atoms with Gasteiger partial charge in [0.15, 0.2) is 0 Å². The summed E-state index contributed by atoms with van der Waals surface area (Å²) in [4.78, 5) is 24.6. The van der Waals surface area contributed by atoms with Crippen molar-refractivity contribution < 1.29 is 9.53 Å². The Kier molecular flexibility index (Phi) is 4.55. The zero-order valence-electron chi connectivity index (χ0n) is 15.3. The van der Waals surface area contributed by atoms with Crippen molar-refractivity contribution in [3.05, 3.63) is 18.1 Å². The van der Waals surface area contributed by atoms with E-state index in [9.17, 15) is 4.79 Å². The van der Waals surface area contributed by atoms with Crippen LogP contribution in [0.25, 0.3) is 0 Å². The molecule has 0 spiro atoms. The van der Waals surface area contributed by atoms with Crippen molar-refractivity contribution in [1.82, 2.24) is 14.9 Å². The van der Waals surface area contributed by atoms with Gasteiger partial charge in [0, 0.05) is 31.6 Å². The lowest BCUT2D eigenvalue weighted by atomic mass is 9.92. The van der Waals surface area contributed by atoms with Crippen LogP contribution < -0.4 is 4.90 Å². The highest BCUT2D eigenvalue weighted by Crippen LogP contribution is 2.26. The third kappa shape index (κ3) is 4.33. The van der Waals surface area contributed by atoms with Crippen LogP contribution in [-0.2, 0) is 10.2 Å². The molecule has 6 nitrogen and oxygen atoms in total. The number of likely N-dealkylation sites (N-methyl/N-ethyl adjacent to an activating group) is 1. The number of amides is 1. The van der Waals surface area contributed by atoms with Gasteiger partial charge in [-0.25, -0.2) is 14.8 Å².